The number of fused-ring (bicyclic) bond motifs is 2. The van der Waals surface area contributed by atoms with Crippen molar-refractivity contribution in [3.8, 4) is 5.75 Å². The fourth-order valence-corrected chi connectivity index (χ4v) is 2.53. The summed E-state index contributed by atoms with van der Waals surface area (Å²) in [5, 5.41) is 10.00. The highest BCUT2D eigenvalue weighted by Gasteiger charge is 2.20. The molecule has 96 valence electrons. The number of nitrogens with zero attached hydrogens (tertiary/aromatic N) is 1. The number of aryl methyl sites for hydroxylation is 1. The molecule has 0 radical (unpaired) electrons. The summed E-state index contributed by atoms with van der Waals surface area (Å²) in [6.07, 6.45) is 7.43. The van der Waals surface area contributed by atoms with Crippen LogP contribution >= 0.6 is 0 Å². The number of ketones is 1. The number of allylic oxidation sites excluding steroid dienone is 4. The monoisotopic (exact) mass is 253 g/mol. The van der Waals surface area contributed by atoms with Crippen molar-refractivity contribution in [2.75, 3.05) is 0 Å². The van der Waals surface area contributed by atoms with Crippen LogP contribution in [0.1, 0.15) is 24.5 Å². The first-order valence-electron chi connectivity index (χ1n) is 6.54. The molecule has 1 N–H and O–H groups in total. The lowest BCUT2D eigenvalue weighted by Crippen LogP contribution is -2.13. The van der Waals surface area contributed by atoms with Gasteiger partial charge >= 0.3 is 0 Å². The molecule has 0 spiro atoms. The average molecular weight is 253 g/mol. The maximum atomic E-state index is 11.4. The Balaban J connectivity index is 2.08. The molecule has 0 saturated heterocycles. The van der Waals surface area contributed by atoms with E-state index >= 15 is 0 Å². The predicted molar refractivity (Wildman–Crippen MR) is 75.1 cm³/mol. The molecule has 0 saturated carbocycles. The first-order valence-corrected chi connectivity index (χ1v) is 6.54. The van der Waals surface area contributed by atoms with E-state index in [2.05, 4.69) is 11.9 Å². The van der Waals surface area contributed by atoms with Crippen LogP contribution in [0.15, 0.2) is 40.9 Å². The Bertz CT molecular complexity index is 651. The van der Waals surface area contributed by atoms with E-state index in [0.29, 0.717) is 12.2 Å². The zero-order valence-corrected chi connectivity index (χ0v) is 10.8. The number of hydrogen-bond donors (Lipinski definition) is 1. The third kappa shape index (κ3) is 2.12. The molecule has 0 bridgehead atoms. The molecule has 0 fully saturated rings. The van der Waals surface area contributed by atoms with Gasteiger partial charge in [0.05, 0.1) is 11.4 Å². The van der Waals surface area contributed by atoms with E-state index in [9.17, 15) is 9.90 Å². The highest BCUT2D eigenvalue weighted by atomic mass is 16.3. The fraction of sp³-hybridized carbons (Fsp3) is 0.250. The molecular weight excluding hydrogens is 238 g/mol. The summed E-state index contributed by atoms with van der Waals surface area (Å²) < 4.78 is 0. The Morgan fingerprint density at radius 3 is 2.95 bits per heavy atom. The summed E-state index contributed by atoms with van der Waals surface area (Å²) in [5.74, 6) is 0.335. The highest BCUT2D eigenvalue weighted by molar-refractivity contribution is 6.21. The number of aromatic hydroxyl groups is 1. The summed E-state index contributed by atoms with van der Waals surface area (Å²) >= 11 is 0. The van der Waals surface area contributed by atoms with Crippen molar-refractivity contribution in [3.05, 3.63) is 47.1 Å². The molecule has 3 nitrogen and oxygen atoms in total. The van der Waals surface area contributed by atoms with E-state index in [4.69, 9.17) is 0 Å². The van der Waals surface area contributed by atoms with Crippen molar-refractivity contribution in [2.45, 2.75) is 26.2 Å². The third-order valence-electron chi connectivity index (χ3n) is 3.47. The van der Waals surface area contributed by atoms with Gasteiger partial charge in [0, 0.05) is 6.42 Å². The second-order valence-electron chi connectivity index (χ2n) is 4.94. The zero-order valence-electron chi connectivity index (χ0n) is 10.8. The van der Waals surface area contributed by atoms with Crippen LogP contribution in [0.25, 0.3) is 0 Å². The standard InChI is InChI=1S/C16H15NO2/c1-2-3-10-8-15-12(9-16(10)19)6-11-7-13(18)4-5-14(11)17-15/h4-5,7-9,19H,2-3,6H2,1H3. The van der Waals surface area contributed by atoms with Crippen molar-refractivity contribution in [1.29, 1.82) is 0 Å². The van der Waals surface area contributed by atoms with Crippen LogP contribution in [0.4, 0.5) is 5.69 Å². The minimum atomic E-state index is 0.00391. The van der Waals surface area contributed by atoms with Crippen LogP contribution in [0.3, 0.4) is 0 Å². The fourth-order valence-electron chi connectivity index (χ4n) is 2.53. The molecule has 1 aliphatic heterocycles. The first-order chi connectivity index (χ1) is 9.17. The highest BCUT2D eigenvalue weighted by Crippen LogP contribution is 2.35. The van der Waals surface area contributed by atoms with Crippen molar-refractivity contribution in [2.24, 2.45) is 4.99 Å². The molecule has 2 aliphatic rings. The van der Waals surface area contributed by atoms with Crippen LogP contribution < -0.4 is 0 Å². The minimum Gasteiger partial charge on any atom is -0.508 e. The molecule has 3 heteroatoms. The molecule has 0 aromatic heterocycles. The van der Waals surface area contributed by atoms with Crippen LogP contribution in [-0.2, 0) is 17.6 Å². The third-order valence-corrected chi connectivity index (χ3v) is 3.47. The van der Waals surface area contributed by atoms with E-state index in [1.807, 2.05) is 6.07 Å². The van der Waals surface area contributed by atoms with Crippen LogP contribution in [-0.4, -0.2) is 16.6 Å². The van der Waals surface area contributed by atoms with Crippen LogP contribution in [0, 0.1) is 0 Å². The maximum absolute atomic E-state index is 11.4. The molecule has 1 heterocycles. The van der Waals surface area contributed by atoms with Gasteiger partial charge in [-0.3, -0.25) is 4.79 Å². The number of carbonyl (C=O) groups is 1. The summed E-state index contributed by atoms with van der Waals surface area (Å²) in [7, 11) is 0. The van der Waals surface area contributed by atoms with Gasteiger partial charge in [0.25, 0.3) is 0 Å². The van der Waals surface area contributed by atoms with E-state index < -0.39 is 0 Å². The lowest BCUT2D eigenvalue weighted by Gasteiger charge is -2.20. The van der Waals surface area contributed by atoms with Gasteiger partial charge in [-0.05, 0) is 53.5 Å². The molecule has 3 rings (SSSR count). The topological polar surface area (TPSA) is 49.7 Å². The molecule has 0 amide bonds. The predicted octanol–water partition coefficient (Wildman–Crippen LogP) is 3.04. The Labute approximate surface area is 112 Å². The number of phenolic OH excluding ortho intramolecular Hbond substituents is 1. The van der Waals surface area contributed by atoms with Crippen LogP contribution in [0.2, 0.25) is 0 Å². The Morgan fingerprint density at radius 1 is 1.32 bits per heavy atom. The number of benzene rings is 1. The van der Waals surface area contributed by atoms with Crippen molar-refractivity contribution in [3.63, 3.8) is 0 Å². The van der Waals surface area contributed by atoms with Crippen LogP contribution in [0.5, 0.6) is 5.75 Å². The van der Waals surface area contributed by atoms with Gasteiger partial charge in [0.15, 0.2) is 5.78 Å². The first kappa shape index (κ1) is 11.9. The van der Waals surface area contributed by atoms with Gasteiger partial charge in [0.1, 0.15) is 5.75 Å². The molecule has 1 aromatic carbocycles. The van der Waals surface area contributed by atoms with Crippen molar-refractivity contribution >= 4 is 17.2 Å². The maximum Gasteiger partial charge on any atom is 0.179 e. The molecule has 1 aromatic rings. The summed E-state index contributed by atoms with van der Waals surface area (Å²) in [6.45, 7) is 2.08. The smallest absolute Gasteiger partial charge is 0.179 e. The van der Waals surface area contributed by atoms with Gasteiger partial charge in [-0.25, -0.2) is 4.99 Å². The van der Waals surface area contributed by atoms with Gasteiger partial charge in [0.2, 0.25) is 0 Å². The number of hydrogen-bond acceptors (Lipinski definition) is 3. The summed E-state index contributed by atoms with van der Waals surface area (Å²) in [6, 6.07) is 3.74. The van der Waals surface area contributed by atoms with Gasteiger partial charge < -0.3 is 5.11 Å². The number of phenols is 1. The molecule has 19 heavy (non-hydrogen) atoms. The van der Waals surface area contributed by atoms with Gasteiger partial charge in [-0.15, -0.1) is 0 Å². The molecule has 1 aliphatic carbocycles. The molecular formula is C16H15NO2. The number of carbonyl (C=O) groups excluding carboxylic acids is 1. The Morgan fingerprint density at radius 2 is 2.16 bits per heavy atom. The van der Waals surface area contributed by atoms with E-state index in [0.717, 1.165) is 40.9 Å². The Hall–Kier alpha value is -2.16. The van der Waals surface area contributed by atoms with E-state index in [-0.39, 0.29) is 5.78 Å². The van der Waals surface area contributed by atoms with Gasteiger partial charge in [-0.2, -0.15) is 0 Å². The van der Waals surface area contributed by atoms with Crippen molar-refractivity contribution in [1.82, 2.24) is 0 Å². The normalized spacial score (nSPS) is 16.6. The zero-order chi connectivity index (χ0) is 13.4. The minimum absolute atomic E-state index is 0.00391. The largest absolute Gasteiger partial charge is 0.508 e. The second-order valence-corrected chi connectivity index (χ2v) is 4.94. The second kappa shape index (κ2) is 4.50. The lowest BCUT2D eigenvalue weighted by molar-refractivity contribution is -0.110. The quantitative estimate of drug-likeness (QED) is 0.823. The molecule has 0 unspecified atom stereocenters. The Kier molecular flexibility index (Phi) is 2.82. The molecule has 0 atom stereocenters. The van der Waals surface area contributed by atoms with E-state index in [1.54, 1.807) is 24.3 Å². The summed E-state index contributed by atoms with van der Waals surface area (Å²) in [4.78, 5) is 16.0. The summed E-state index contributed by atoms with van der Waals surface area (Å²) in [5.41, 5.74) is 4.62. The van der Waals surface area contributed by atoms with Crippen molar-refractivity contribution < 1.29 is 9.90 Å². The average Bonchev–Trinajstić information content (AvgIpc) is 2.38. The lowest BCUT2D eigenvalue weighted by atomic mass is 9.91. The number of aliphatic imine (C=N–C) groups is 1. The van der Waals surface area contributed by atoms with E-state index in [1.165, 1.54) is 0 Å². The van der Waals surface area contributed by atoms with Gasteiger partial charge in [-0.1, -0.05) is 13.3 Å². The SMILES string of the molecule is CCCc1cc2c(cc1O)CC1=CC(=O)C=CC1=N2. The number of rotatable bonds is 2.